The van der Waals surface area contributed by atoms with Crippen molar-refractivity contribution in [2.24, 2.45) is 0 Å². The molecule has 1 N–H and O–H groups in total. The molecule has 0 saturated heterocycles. The number of nitrogens with zero attached hydrogens (tertiary/aromatic N) is 3. The average Bonchev–Trinajstić information content (AvgIpc) is 3.14. The van der Waals surface area contributed by atoms with Gasteiger partial charge in [-0.15, -0.1) is 0 Å². The molecule has 2 heterocycles. The zero-order valence-corrected chi connectivity index (χ0v) is 17.2. The van der Waals surface area contributed by atoms with Crippen molar-refractivity contribution in [2.45, 2.75) is 46.1 Å². The van der Waals surface area contributed by atoms with Crippen LogP contribution in [-0.4, -0.2) is 32.3 Å². The number of halogens is 1. The van der Waals surface area contributed by atoms with E-state index in [-0.39, 0.29) is 12.5 Å². The first-order valence-electron chi connectivity index (χ1n) is 9.32. The largest absolute Gasteiger partial charge is 0.489 e. The summed E-state index contributed by atoms with van der Waals surface area (Å²) in [6, 6.07) is 7.14. The lowest BCUT2D eigenvalue weighted by molar-refractivity contribution is -0.137. The molecular formula is C21H22ClN3O4. The van der Waals surface area contributed by atoms with Gasteiger partial charge in [0.25, 0.3) is 5.89 Å². The highest BCUT2D eigenvalue weighted by Gasteiger charge is 2.16. The maximum atomic E-state index is 10.7. The van der Waals surface area contributed by atoms with Gasteiger partial charge in [0.05, 0.1) is 11.1 Å². The second-order valence-corrected chi connectivity index (χ2v) is 7.32. The summed E-state index contributed by atoms with van der Waals surface area (Å²) in [4.78, 5) is 19.6. The first-order chi connectivity index (χ1) is 13.8. The van der Waals surface area contributed by atoms with Gasteiger partial charge in [0.2, 0.25) is 5.82 Å². The Morgan fingerprint density at radius 2 is 2.10 bits per heavy atom. The minimum Gasteiger partial charge on any atom is -0.489 e. The van der Waals surface area contributed by atoms with Crippen LogP contribution in [0, 0.1) is 6.92 Å². The minimum absolute atomic E-state index is 0.0210. The summed E-state index contributed by atoms with van der Waals surface area (Å²) >= 11 is 6.30. The lowest BCUT2D eigenvalue weighted by Gasteiger charge is -2.11. The maximum absolute atomic E-state index is 10.7. The Labute approximate surface area is 173 Å². The Bertz CT molecular complexity index is 1020. The predicted octanol–water partition coefficient (Wildman–Crippen LogP) is 4.95. The van der Waals surface area contributed by atoms with Crippen LogP contribution in [0.3, 0.4) is 0 Å². The van der Waals surface area contributed by atoms with E-state index < -0.39 is 5.97 Å². The van der Waals surface area contributed by atoms with E-state index in [0.29, 0.717) is 40.9 Å². The summed E-state index contributed by atoms with van der Waals surface area (Å²) in [6.45, 7) is 5.78. The molecule has 3 aromatic rings. The number of aromatic nitrogens is 3. The number of ether oxygens (including phenoxy) is 1. The molecular weight excluding hydrogens is 394 g/mol. The number of carboxylic acids is 1. The van der Waals surface area contributed by atoms with E-state index in [1.165, 1.54) is 0 Å². The Balaban J connectivity index is 1.83. The van der Waals surface area contributed by atoms with Crippen molar-refractivity contribution >= 4 is 17.6 Å². The standard InChI is InChI=1S/C21H22ClN3O4/c1-12(2)28-18-8-7-14(11-16(18)22)21-24-20(25-29-21)15-9-10-23-17(13(15)3)5-4-6-19(26)27/h7-12H,4-6H2,1-3H3,(H,26,27). The topological polar surface area (TPSA) is 98.3 Å². The Hall–Kier alpha value is -2.93. The van der Waals surface area contributed by atoms with Gasteiger partial charge in [0.15, 0.2) is 0 Å². The lowest BCUT2D eigenvalue weighted by Crippen LogP contribution is -2.05. The highest BCUT2D eigenvalue weighted by atomic mass is 35.5. The maximum Gasteiger partial charge on any atom is 0.303 e. The normalized spacial score (nSPS) is 11.1. The van der Waals surface area contributed by atoms with Gasteiger partial charge in [-0.1, -0.05) is 16.8 Å². The molecule has 0 unspecified atom stereocenters. The summed E-state index contributed by atoms with van der Waals surface area (Å²) in [5.41, 5.74) is 3.22. The first-order valence-corrected chi connectivity index (χ1v) is 9.70. The van der Waals surface area contributed by atoms with Gasteiger partial charge >= 0.3 is 5.97 Å². The molecule has 3 rings (SSSR count). The monoisotopic (exact) mass is 415 g/mol. The third-order valence-electron chi connectivity index (χ3n) is 4.32. The molecule has 29 heavy (non-hydrogen) atoms. The molecule has 0 aliphatic heterocycles. The number of aliphatic carboxylic acids is 1. The smallest absolute Gasteiger partial charge is 0.303 e. The van der Waals surface area contributed by atoms with Crippen molar-refractivity contribution in [3.63, 3.8) is 0 Å². The van der Waals surface area contributed by atoms with Crippen LogP contribution in [0.5, 0.6) is 5.75 Å². The van der Waals surface area contributed by atoms with Crippen molar-refractivity contribution < 1.29 is 19.2 Å². The Kier molecular flexibility index (Phi) is 6.49. The molecule has 7 nitrogen and oxygen atoms in total. The van der Waals surface area contributed by atoms with E-state index >= 15 is 0 Å². The van der Waals surface area contributed by atoms with Gasteiger partial charge in [0.1, 0.15) is 5.75 Å². The molecule has 8 heteroatoms. The van der Waals surface area contributed by atoms with Crippen LogP contribution in [0.15, 0.2) is 35.0 Å². The average molecular weight is 416 g/mol. The van der Waals surface area contributed by atoms with Crippen LogP contribution >= 0.6 is 11.6 Å². The first kappa shape index (κ1) is 20.8. The second-order valence-electron chi connectivity index (χ2n) is 6.91. The van der Waals surface area contributed by atoms with Gasteiger partial charge in [0, 0.05) is 29.4 Å². The summed E-state index contributed by atoms with van der Waals surface area (Å²) in [6.07, 6.45) is 2.89. The van der Waals surface area contributed by atoms with Crippen LogP contribution in [0.1, 0.15) is 37.9 Å². The molecule has 0 amide bonds. The quantitative estimate of drug-likeness (QED) is 0.555. The van der Waals surface area contributed by atoms with Crippen molar-refractivity contribution in [1.82, 2.24) is 15.1 Å². The highest BCUT2D eigenvalue weighted by Crippen LogP contribution is 2.32. The SMILES string of the molecule is Cc1c(-c2noc(-c3ccc(OC(C)C)c(Cl)c3)n2)ccnc1CCCC(=O)O. The number of hydrogen-bond donors (Lipinski definition) is 1. The molecule has 0 saturated carbocycles. The third kappa shape index (κ3) is 5.12. The van der Waals surface area contributed by atoms with Crippen molar-refractivity contribution in [2.75, 3.05) is 0 Å². The molecule has 0 fully saturated rings. The summed E-state index contributed by atoms with van der Waals surface area (Å²) < 4.78 is 11.1. The number of aryl methyl sites for hydroxylation is 1. The molecule has 0 bridgehead atoms. The molecule has 0 atom stereocenters. The van der Waals surface area contributed by atoms with E-state index in [1.807, 2.05) is 32.9 Å². The van der Waals surface area contributed by atoms with Gasteiger partial charge in [-0.05, 0) is 63.4 Å². The molecule has 1 aromatic carbocycles. The van der Waals surface area contributed by atoms with E-state index in [1.54, 1.807) is 18.3 Å². The number of pyridine rings is 1. The summed E-state index contributed by atoms with van der Waals surface area (Å²) in [5.74, 6) is 0.575. The van der Waals surface area contributed by atoms with E-state index in [4.69, 9.17) is 26.0 Å². The fraction of sp³-hybridized carbons (Fsp3) is 0.333. The molecule has 0 radical (unpaired) electrons. The van der Waals surface area contributed by atoms with Gasteiger partial charge in [-0.2, -0.15) is 4.98 Å². The van der Waals surface area contributed by atoms with Gasteiger partial charge in [-0.25, -0.2) is 0 Å². The highest BCUT2D eigenvalue weighted by molar-refractivity contribution is 6.32. The van der Waals surface area contributed by atoms with E-state index in [0.717, 1.165) is 16.8 Å². The zero-order valence-electron chi connectivity index (χ0n) is 16.5. The zero-order chi connectivity index (χ0) is 21.0. The van der Waals surface area contributed by atoms with Crippen molar-refractivity contribution in [3.8, 4) is 28.6 Å². The van der Waals surface area contributed by atoms with E-state index in [9.17, 15) is 4.79 Å². The van der Waals surface area contributed by atoms with Gasteiger partial charge in [-0.3, -0.25) is 9.78 Å². The fourth-order valence-electron chi connectivity index (χ4n) is 2.91. The van der Waals surface area contributed by atoms with Crippen LogP contribution in [0.4, 0.5) is 0 Å². The van der Waals surface area contributed by atoms with E-state index in [2.05, 4.69) is 15.1 Å². The number of hydrogen-bond acceptors (Lipinski definition) is 6. The number of benzene rings is 1. The molecule has 0 aliphatic rings. The van der Waals surface area contributed by atoms with Crippen LogP contribution in [0.2, 0.25) is 5.02 Å². The summed E-state index contributed by atoms with van der Waals surface area (Å²) in [5, 5.41) is 13.4. The van der Waals surface area contributed by atoms with Crippen molar-refractivity contribution in [3.05, 3.63) is 46.7 Å². The Morgan fingerprint density at radius 1 is 1.31 bits per heavy atom. The third-order valence-corrected chi connectivity index (χ3v) is 4.62. The molecule has 0 spiro atoms. The van der Waals surface area contributed by atoms with Crippen LogP contribution in [-0.2, 0) is 11.2 Å². The lowest BCUT2D eigenvalue weighted by atomic mass is 10.0. The number of carboxylic acid groups (broad SMARTS) is 1. The molecule has 0 aliphatic carbocycles. The predicted molar refractivity (Wildman–Crippen MR) is 109 cm³/mol. The van der Waals surface area contributed by atoms with Crippen molar-refractivity contribution in [1.29, 1.82) is 0 Å². The second kappa shape index (κ2) is 9.05. The molecule has 2 aromatic heterocycles. The van der Waals surface area contributed by atoms with Gasteiger partial charge < -0.3 is 14.4 Å². The Morgan fingerprint density at radius 3 is 2.79 bits per heavy atom. The van der Waals surface area contributed by atoms with Crippen LogP contribution < -0.4 is 4.74 Å². The molecule has 152 valence electrons. The number of rotatable bonds is 8. The summed E-state index contributed by atoms with van der Waals surface area (Å²) in [7, 11) is 0. The number of carbonyl (C=O) groups is 1. The minimum atomic E-state index is -0.815. The van der Waals surface area contributed by atoms with Crippen LogP contribution in [0.25, 0.3) is 22.8 Å². The fourth-order valence-corrected chi connectivity index (χ4v) is 3.14.